The van der Waals surface area contributed by atoms with Crippen LogP contribution in [-0.4, -0.2) is 11.1 Å². The molecule has 2 aromatic rings. The highest BCUT2D eigenvalue weighted by Gasteiger charge is 2.03. The number of fused-ring (bicyclic) bond motifs is 1. The van der Waals surface area contributed by atoms with Crippen molar-refractivity contribution in [1.29, 1.82) is 0 Å². The number of allylic oxidation sites excluding steroid dienone is 1. The quantitative estimate of drug-likeness (QED) is 0.764. The highest BCUT2D eigenvalue weighted by Crippen LogP contribution is 2.19. The van der Waals surface area contributed by atoms with Crippen LogP contribution < -0.4 is 5.32 Å². The van der Waals surface area contributed by atoms with Gasteiger partial charge in [-0.05, 0) is 36.0 Å². The number of hydrogen-bond acceptors (Lipinski definition) is 1. The average molecular weight is 242 g/mol. The summed E-state index contributed by atoms with van der Waals surface area (Å²) in [6.45, 7) is 11.2. The van der Waals surface area contributed by atoms with Gasteiger partial charge in [-0.15, -0.1) is 0 Å². The van der Waals surface area contributed by atoms with Crippen LogP contribution in [0.15, 0.2) is 42.6 Å². The summed E-state index contributed by atoms with van der Waals surface area (Å²) >= 11 is 0. The van der Waals surface area contributed by atoms with E-state index in [-0.39, 0.29) is 0 Å². The minimum atomic E-state index is 0.921. The second-order valence-corrected chi connectivity index (χ2v) is 4.72. The van der Waals surface area contributed by atoms with Crippen LogP contribution >= 0.6 is 0 Å². The fraction of sp³-hybridized carbons (Fsp3) is 0.375. The fourth-order valence-corrected chi connectivity index (χ4v) is 2.10. The van der Waals surface area contributed by atoms with Crippen LogP contribution in [0.1, 0.15) is 25.8 Å². The van der Waals surface area contributed by atoms with E-state index in [0.29, 0.717) is 0 Å². The van der Waals surface area contributed by atoms with E-state index in [2.05, 4.69) is 60.8 Å². The van der Waals surface area contributed by atoms with Gasteiger partial charge in [0, 0.05) is 24.8 Å². The van der Waals surface area contributed by atoms with E-state index in [4.69, 9.17) is 0 Å². The fourth-order valence-electron chi connectivity index (χ4n) is 2.10. The molecule has 2 heteroatoms. The smallest absolute Gasteiger partial charge is 0.0486 e. The number of nitrogens with one attached hydrogen (secondary N) is 1. The van der Waals surface area contributed by atoms with Gasteiger partial charge in [-0.25, -0.2) is 0 Å². The third-order valence-corrected chi connectivity index (χ3v) is 3.31. The molecular formula is C16H22N2. The first-order chi connectivity index (χ1) is 8.74. The molecule has 1 aromatic heterocycles. The molecule has 1 N–H and O–H groups in total. The van der Waals surface area contributed by atoms with Gasteiger partial charge in [0.1, 0.15) is 0 Å². The number of nitrogens with zero attached hydrogens (tertiary/aromatic N) is 1. The van der Waals surface area contributed by atoms with Crippen molar-refractivity contribution in [2.24, 2.45) is 0 Å². The SMILES string of the molecule is C=C(CC)Cn1ccc2ccc(CNCC)cc21. The molecule has 2 rings (SSSR count). The molecule has 0 aliphatic rings. The van der Waals surface area contributed by atoms with Gasteiger partial charge >= 0.3 is 0 Å². The van der Waals surface area contributed by atoms with Crippen LogP contribution in [-0.2, 0) is 13.1 Å². The Morgan fingerprint density at radius 1 is 1.28 bits per heavy atom. The molecule has 96 valence electrons. The third-order valence-electron chi connectivity index (χ3n) is 3.31. The molecule has 0 spiro atoms. The van der Waals surface area contributed by atoms with E-state index >= 15 is 0 Å². The minimum Gasteiger partial charge on any atom is -0.343 e. The van der Waals surface area contributed by atoms with E-state index < -0.39 is 0 Å². The predicted molar refractivity (Wildman–Crippen MR) is 78.7 cm³/mol. The zero-order valence-corrected chi connectivity index (χ0v) is 11.4. The largest absolute Gasteiger partial charge is 0.343 e. The van der Waals surface area contributed by atoms with E-state index in [1.165, 1.54) is 22.0 Å². The van der Waals surface area contributed by atoms with E-state index in [1.807, 2.05) is 0 Å². The van der Waals surface area contributed by atoms with Gasteiger partial charge in [-0.3, -0.25) is 0 Å². The van der Waals surface area contributed by atoms with Crippen molar-refractivity contribution in [1.82, 2.24) is 9.88 Å². The first-order valence-electron chi connectivity index (χ1n) is 6.69. The van der Waals surface area contributed by atoms with Gasteiger partial charge in [-0.2, -0.15) is 0 Å². The van der Waals surface area contributed by atoms with Gasteiger partial charge in [0.2, 0.25) is 0 Å². The van der Waals surface area contributed by atoms with E-state index in [9.17, 15) is 0 Å². The van der Waals surface area contributed by atoms with Gasteiger partial charge in [0.05, 0.1) is 0 Å². The van der Waals surface area contributed by atoms with Crippen LogP contribution in [0.4, 0.5) is 0 Å². The Morgan fingerprint density at radius 3 is 2.83 bits per heavy atom. The molecule has 0 fully saturated rings. The number of hydrogen-bond donors (Lipinski definition) is 1. The highest BCUT2D eigenvalue weighted by atomic mass is 15.0. The molecule has 1 aromatic carbocycles. The molecule has 0 bridgehead atoms. The van der Waals surface area contributed by atoms with Crippen molar-refractivity contribution in [2.75, 3.05) is 6.54 Å². The monoisotopic (exact) mass is 242 g/mol. The Morgan fingerprint density at radius 2 is 2.11 bits per heavy atom. The molecule has 0 atom stereocenters. The Kier molecular flexibility index (Phi) is 4.21. The number of aromatic nitrogens is 1. The first-order valence-corrected chi connectivity index (χ1v) is 6.69. The Balaban J connectivity index is 2.28. The maximum atomic E-state index is 4.09. The average Bonchev–Trinajstić information content (AvgIpc) is 2.79. The van der Waals surface area contributed by atoms with Gasteiger partial charge in [0.15, 0.2) is 0 Å². The van der Waals surface area contributed by atoms with Crippen LogP contribution in [0, 0.1) is 0 Å². The van der Waals surface area contributed by atoms with Crippen LogP contribution in [0.3, 0.4) is 0 Å². The molecule has 0 amide bonds. The molecule has 1 heterocycles. The zero-order valence-electron chi connectivity index (χ0n) is 11.4. The predicted octanol–water partition coefficient (Wildman–Crippen LogP) is 3.72. The lowest BCUT2D eigenvalue weighted by Gasteiger charge is -2.08. The number of rotatable bonds is 6. The van der Waals surface area contributed by atoms with Crippen LogP contribution in [0.2, 0.25) is 0 Å². The standard InChI is InChI=1S/C16H22N2/c1-4-13(3)12-18-9-8-15-7-6-14(10-16(15)18)11-17-5-2/h6-10,17H,3-5,11-12H2,1-2H3. The lowest BCUT2D eigenvalue weighted by atomic mass is 10.1. The molecule has 0 radical (unpaired) electrons. The van der Waals surface area contributed by atoms with E-state index in [1.54, 1.807) is 0 Å². The Bertz CT molecular complexity index is 537. The first kappa shape index (κ1) is 12.9. The molecule has 0 unspecified atom stereocenters. The summed E-state index contributed by atoms with van der Waals surface area (Å²) in [5.74, 6) is 0. The second-order valence-electron chi connectivity index (χ2n) is 4.72. The lowest BCUT2D eigenvalue weighted by Crippen LogP contribution is -2.11. The summed E-state index contributed by atoms with van der Waals surface area (Å²) in [5.41, 5.74) is 3.91. The number of benzene rings is 1. The van der Waals surface area contributed by atoms with Gasteiger partial charge < -0.3 is 9.88 Å². The second kappa shape index (κ2) is 5.87. The summed E-state index contributed by atoms with van der Waals surface area (Å²) in [5, 5.41) is 4.67. The topological polar surface area (TPSA) is 17.0 Å². The maximum Gasteiger partial charge on any atom is 0.0486 e. The van der Waals surface area contributed by atoms with Crippen molar-refractivity contribution in [3.05, 3.63) is 48.2 Å². The Labute approximate surface area is 109 Å². The Hall–Kier alpha value is -1.54. The summed E-state index contributed by atoms with van der Waals surface area (Å²) in [6, 6.07) is 8.85. The molecule has 0 aliphatic carbocycles. The van der Waals surface area contributed by atoms with E-state index in [0.717, 1.165) is 26.1 Å². The zero-order chi connectivity index (χ0) is 13.0. The van der Waals surface area contributed by atoms with Gasteiger partial charge in [0.25, 0.3) is 0 Å². The van der Waals surface area contributed by atoms with Crippen LogP contribution in [0.25, 0.3) is 10.9 Å². The molecule has 2 nitrogen and oxygen atoms in total. The van der Waals surface area contributed by atoms with Crippen molar-refractivity contribution < 1.29 is 0 Å². The van der Waals surface area contributed by atoms with Crippen molar-refractivity contribution in [2.45, 2.75) is 33.4 Å². The lowest BCUT2D eigenvalue weighted by molar-refractivity contribution is 0.726. The minimum absolute atomic E-state index is 0.921. The normalized spacial score (nSPS) is 11.0. The maximum absolute atomic E-state index is 4.09. The molecule has 18 heavy (non-hydrogen) atoms. The summed E-state index contributed by atoms with van der Waals surface area (Å²) in [6.07, 6.45) is 3.19. The van der Waals surface area contributed by atoms with Gasteiger partial charge in [-0.1, -0.05) is 38.1 Å². The summed E-state index contributed by atoms with van der Waals surface area (Å²) < 4.78 is 2.29. The molecule has 0 saturated heterocycles. The summed E-state index contributed by atoms with van der Waals surface area (Å²) in [4.78, 5) is 0. The van der Waals surface area contributed by atoms with Crippen LogP contribution in [0.5, 0.6) is 0 Å². The van der Waals surface area contributed by atoms with Crippen molar-refractivity contribution in [3.63, 3.8) is 0 Å². The highest BCUT2D eigenvalue weighted by molar-refractivity contribution is 5.80. The van der Waals surface area contributed by atoms with Crippen molar-refractivity contribution >= 4 is 10.9 Å². The third kappa shape index (κ3) is 2.82. The summed E-state index contributed by atoms with van der Waals surface area (Å²) in [7, 11) is 0. The molecule has 0 saturated carbocycles. The van der Waals surface area contributed by atoms with Crippen molar-refractivity contribution in [3.8, 4) is 0 Å². The molecule has 0 aliphatic heterocycles. The molecular weight excluding hydrogens is 220 g/mol.